The topological polar surface area (TPSA) is 82.9 Å². The second-order valence-electron chi connectivity index (χ2n) is 2.86. The number of nitrogens with one attached hydrogen (secondary N) is 1. The Balaban J connectivity index is 2.26. The van der Waals surface area contributed by atoms with Crippen LogP contribution in [0.1, 0.15) is 0 Å². The minimum atomic E-state index is -0.284. The highest BCUT2D eigenvalue weighted by Crippen LogP contribution is 2.17. The van der Waals surface area contributed by atoms with Gasteiger partial charge in [-0.3, -0.25) is 5.73 Å². The summed E-state index contributed by atoms with van der Waals surface area (Å²) in [6, 6.07) is 0. The van der Waals surface area contributed by atoms with E-state index in [0.29, 0.717) is 5.96 Å². The van der Waals surface area contributed by atoms with Gasteiger partial charge in [-0.25, -0.2) is 4.99 Å². The molecule has 0 fully saturated rings. The maximum atomic E-state index is 5.75. The lowest BCUT2D eigenvalue weighted by Gasteiger charge is -2.36. The molecule has 0 bridgehead atoms. The molecule has 0 radical (unpaired) electrons. The molecule has 0 saturated carbocycles. The predicted molar refractivity (Wildman–Crippen MR) is 45.3 cm³/mol. The van der Waals surface area contributed by atoms with Gasteiger partial charge in [-0.15, -0.1) is 0 Å². The summed E-state index contributed by atoms with van der Waals surface area (Å²) in [7, 11) is 1.93. The fourth-order valence-corrected chi connectivity index (χ4v) is 1.33. The summed E-state index contributed by atoms with van der Waals surface area (Å²) in [4.78, 5) is 7.99. The van der Waals surface area contributed by atoms with Crippen LogP contribution >= 0.6 is 0 Å². The maximum Gasteiger partial charge on any atom is 0.204 e. The average molecular weight is 168 g/mol. The van der Waals surface area contributed by atoms with Crippen molar-refractivity contribution in [2.24, 2.45) is 16.5 Å². The molecule has 12 heavy (non-hydrogen) atoms. The lowest BCUT2D eigenvalue weighted by atomic mass is 10.5. The van der Waals surface area contributed by atoms with Crippen LogP contribution in [0.4, 0.5) is 0 Å². The third-order valence-corrected chi connectivity index (χ3v) is 1.98. The number of hydrogen-bond acceptors (Lipinski definition) is 6. The van der Waals surface area contributed by atoms with E-state index in [1.54, 1.807) is 0 Å². The largest absolute Gasteiger partial charge is 0.370 e. The quantitative estimate of drug-likeness (QED) is 0.395. The summed E-state index contributed by atoms with van der Waals surface area (Å²) >= 11 is 0. The van der Waals surface area contributed by atoms with Crippen LogP contribution in [0.3, 0.4) is 0 Å². The van der Waals surface area contributed by atoms with Crippen molar-refractivity contribution in [2.45, 2.75) is 12.6 Å². The molecule has 0 saturated heterocycles. The van der Waals surface area contributed by atoms with E-state index in [-0.39, 0.29) is 12.6 Å². The van der Waals surface area contributed by atoms with Crippen molar-refractivity contribution in [3.05, 3.63) is 12.4 Å². The molecule has 0 aliphatic carbocycles. The van der Waals surface area contributed by atoms with E-state index in [1.807, 2.05) is 29.2 Å². The van der Waals surface area contributed by atoms with Gasteiger partial charge in [0.05, 0.1) is 0 Å². The number of rotatable bonds is 0. The van der Waals surface area contributed by atoms with Gasteiger partial charge in [0.15, 0.2) is 12.2 Å². The van der Waals surface area contributed by atoms with Crippen LogP contribution in [-0.4, -0.2) is 35.4 Å². The lowest BCUT2D eigenvalue weighted by molar-refractivity contribution is 0.120. The van der Waals surface area contributed by atoms with Crippen molar-refractivity contribution in [2.75, 3.05) is 7.05 Å². The van der Waals surface area contributed by atoms with Crippen LogP contribution in [0.25, 0.3) is 0 Å². The molecule has 0 aromatic rings. The van der Waals surface area contributed by atoms with E-state index in [0.717, 1.165) is 0 Å². The zero-order valence-electron chi connectivity index (χ0n) is 6.81. The Kier molecular flexibility index (Phi) is 1.37. The first kappa shape index (κ1) is 7.23. The Morgan fingerprint density at radius 2 is 2.33 bits per heavy atom. The summed E-state index contributed by atoms with van der Waals surface area (Å²) < 4.78 is 0. The van der Waals surface area contributed by atoms with Gasteiger partial charge < -0.3 is 20.9 Å². The molecule has 0 aromatic carbocycles. The number of aliphatic imine (C=N–C) groups is 1. The third-order valence-electron chi connectivity index (χ3n) is 1.98. The van der Waals surface area contributed by atoms with Crippen LogP contribution < -0.4 is 16.8 Å². The normalized spacial score (nSPS) is 33.0. The molecule has 2 heterocycles. The summed E-state index contributed by atoms with van der Waals surface area (Å²) in [5.74, 6) is 0.388. The summed E-state index contributed by atoms with van der Waals surface area (Å²) in [6.45, 7) is 0. The first-order valence-corrected chi connectivity index (χ1v) is 3.71. The molecule has 2 aliphatic rings. The van der Waals surface area contributed by atoms with E-state index in [1.165, 1.54) is 0 Å². The molecule has 2 unspecified atom stereocenters. The van der Waals surface area contributed by atoms with Crippen molar-refractivity contribution in [3.63, 3.8) is 0 Å². The van der Waals surface area contributed by atoms with Gasteiger partial charge >= 0.3 is 0 Å². The van der Waals surface area contributed by atoms with Gasteiger partial charge in [-0.1, -0.05) is 0 Å². The van der Waals surface area contributed by atoms with E-state index in [4.69, 9.17) is 11.5 Å². The molecular formula is C6H12N6. The molecule has 6 nitrogen and oxygen atoms in total. The SMILES string of the molecule is CN1C=CN2C(N)NC(N)=NC12. The van der Waals surface area contributed by atoms with Gasteiger partial charge in [0.2, 0.25) is 6.29 Å². The molecule has 0 spiro atoms. The average Bonchev–Trinajstić information content (AvgIpc) is 2.33. The van der Waals surface area contributed by atoms with E-state index in [2.05, 4.69) is 10.3 Å². The highest BCUT2D eigenvalue weighted by Gasteiger charge is 2.31. The monoisotopic (exact) mass is 168 g/mol. The van der Waals surface area contributed by atoms with Gasteiger partial charge in [-0.2, -0.15) is 0 Å². The highest BCUT2D eigenvalue weighted by molar-refractivity contribution is 5.78. The van der Waals surface area contributed by atoms with Crippen LogP contribution in [0.5, 0.6) is 0 Å². The molecular weight excluding hydrogens is 156 g/mol. The zero-order chi connectivity index (χ0) is 8.72. The number of fused-ring (bicyclic) bond motifs is 1. The third kappa shape index (κ3) is 0.884. The Morgan fingerprint density at radius 3 is 3.08 bits per heavy atom. The Labute approximate surface area is 70.5 Å². The molecule has 0 amide bonds. The molecule has 2 rings (SSSR count). The summed E-state index contributed by atoms with van der Waals surface area (Å²) in [6.07, 6.45) is 3.43. The molecule has 2 aliphatic heterocycles. The van der Waals surface area contributed by atoms with Gasteiger partial charge in [-0.05, 0) is 0 Å². The van der Waals surface area contributed by atoms with Crippen molar-refractivity contribution in [1.82, 2.24) is 15.1 Å². The maximum absolute atomic E-state index is 5.75. The van der Waals surface area contributed by atoms with Crippen molar-refractivity contribution >= 4 is 5.96 Å². The molecule has 66 valence electrons. The number of nitrogens with zero attached hydrogens (tertiary/aromatic N) is 3. The van der Waals surface area contributed by atoms with Crippen LogP contribution in [-0.2, 0) is 0 Å². The molecule has 6 heteroatoms. The van der Waals surface area contributed by atoms with E-state index >= 15 is 0 Å². The van der Waals surface area contributed by atoms with Gasteiger partial charge in [0.25, 0.3) is 0 Å². The molecule has 0 aromatic heterocycles. The summed E-state index contributed by atoms with van der Waals surface area (Å²) in [5.41, 5.74) is 11.3. The highest BCUT2D eigenvalue weighted by atomic mass is 15.6. The fourth-order valence-electron chi connectivity index (χ4n) is 1.33. The van der Waals surface area contributed by atoms with E-state index in [9.17, 15) is 0 Å². The number of nitrogens with two attached hydrogens (primary N) is 2. The fraction of sp³-hybridized carbons (Fsp3) is 0.500. The van der Waals surface area contributed by atoms with Crippen LogP contribution in [0.15, 0.2) is 17.4 Å². The van der Waals surface area contributed by atoms with Gasteiger partial charge in [0, 0.05) is 19.4 Å². The Hall–Kier alpha value is -1.43. The number of hydrogen-bond donors (Lipinski definition) is 3. The van der Waals surface area contributed by atoms with Crippen molar-refractivity contribution in [1.29, 1.82) is 0 Å². The lowest BCUT2D eigenvalue weighted by Crippen LogP contribution is -2.61. The van der Waals surface area contributed by atoms with Gasteiger partial charge in [0.1, 0.15) is 0 Å². The minimum absolute atomic E-state index is 0.0822. The predicted octanol–water partition coefficient (Wildman–Crippen LogP) is -1.85. The second kappa shape index (κ2) is 2.28. The first-order valence-electron chi connectivity index (χ1n) is 3.71. The van der Waals surface area contributed by atoms with Crippen molar-refractivity contribution < 1.29 is 0 Å². The van der Waals surface area contributed by atoms with Crippen LogP contribution in [0.2, 0.25) is 0 Å². The summed E-state index contributed by atoms with van der Waals surface area (Å²) in [5, 5.41) is 2.82. The Bertz CT molecular complexity index is 246. The zero-order valence-corrected chi connectivity index (χ0v) is 6.81. The standard InChI is InChI=1S/C6H12N6/c1-11-2-3-12-5(8)9-4(7)10-6(11)12/h2-3,5-6H,8H2,1H3,(H3,7,9,10). The van der Waals surface area contributed by atoms with Crippen LogP contribution in [0, 0.1) is 0 Å². The van der Waals surface area contributed by atoms with E-state index < -0.39 is 0 Å². The Morgan fingerprint density at radius 1 is 1.58 bits per heavy atom. The minimum Gasteiger partial charge on any atom is -0.370 e. The second-order valence-corrected chi connectivity index (χ2v) is 2.86. The number of guanidine groups is 1. The smallest absolute Gasteiger partial charge is 0.204 e. The molecule has 5 N–H and O–H groups in total. The van der Waals surface area contributed by atoms with Crippen molar-refractivity contribution in [3.8, 4) is 0 Å². The first-order chi connectivity index (χ1) is 5.68. The molecule has 2 atom stereocenters.